The number of thioether (sulfide) groups is 1. The van der Waals surface area contributed by atoms with E-state index in [-0.39, 0.29) is 6.10 Å². The Labute approximate surface area is 41.7 Å². The Morgan fingerprint density at radius 1 is 2.00 bits per heavy atom. The van der Waals surface area contributed by atoms with Crippen molar-refractivity contribution in [3.8, 4) is 0 Å². The fourth-order valence-electron chi connectivity index (χ4n) is 0.327. The van der Waals surface area contributed by atoms with Crippen LogP contribution in [0.5, 0.6) is 0 Å². The maximum absolute atomic E-state index is 10.3. The van der Waals surface area contributed by atoms with Gasteiger partial charge >= 0.3 is 0 Å². The second kappa shape index (κ2) is 1.43. The molecule has 1 aliphatic heterocycles. The lowest BCUT2D eigenvalue weighted by Crippen LogP contribution is -2.03. The van der Waals surface area contributed by atoms with Gasteiger partial charge in [-0.05, 0) is 6.92 Å². The Bertz CT molecular complexity index is 49.5. The minimum atomic E-state index is -0.324. The fourth-order valence-corrected chi connectivity index (χ4v) is 0.980. The van der Waals surface area contributed by atoms with Gasteiger partial charge in [0.05, 0.1) is 0 Å². The molecule has 0 aromatic rings. The highest BCUT2D eigenvalue weighted by atomic mass is 32.2. The summed E-state index contributed by atoms with van der Waals surface area (Å²) in [7, 11) is 0. The monoisotopic (exact) mass is 103 g/mol. The SMILES string of the molecule is CC([O])C1CS1. The van der Waals surface area contributed by atoms with Crippen LogP contribution in [0.4, 0.5) is 0 Å². The Balaban J connectivity index is 2.13. The molecule has 0 N–H and O–H groups in total. The molecule has 0 bridgehead atoms. The Kier molecular flexibility index (Phi) is 1.06. The summed E-state index contributed by atoms with van der Waals surface area (Å²) in [4.78, 5) is 0. The minimum absolute atomic E-state index is 0.324. The molecule has 0 spiro atoms. The molecule has 0 aliphatic carbocycles. The summed E-state index contributed by atoms with van der Waals surface area (Å²) in [5.74, 6) is 1.10. The maximum Gasteiger partial charge on any atom is 0.103 e. The molecule has 0 aromatic carbocycles. The van der Waals surface area contributed by atoms with Gasteiger partial charge in [0.1, 0.15) is 6.10 Å². The molecule has 1 radical (unpaired) electrons. The third-order valence-electron chi connectivity index (χ3n) is 0.883. The summed E-state index contributed by atoms with van der Waals surface area (Å²) in [5, 5.41) is 10.7. The lowest BCUT2D eigenvalue weighted by atomic mass is 10.3. The molecule has 6 heavy (non-hydrogen) atoms. The van der Waals surface area contributed by atoms with E-state index in [0.717, 1.165) is 5.75 Å². The van der Waals surface area contributed by atoms with Crippen LogP contribution in [0.25, 0.3) is 0 Å². The molecule has 1 fully saturated rings. The number of hydrogen-bond donors (Lipinski definition) is 0. The molecule has 2 unspecified atom stereocenters. The maximum atomic E-state index is 10.3. The lowest BCUT2D eigenvalue weighted by Gasteiger charge is -1.88. The smallest absolute Gasteiger partial charge is 0.103 e. The van der Waals surface area contributed by atoms with E-state index in [1.54, 1.807) is 18.7 Å². The summed E-state index contributed by atoms with van der Waals surface area (Å²) in [6, 6.07) is 0. The van der Waals surface area contributed by atoms with Crippen LogP contribution in [0.2, 0.25) is 0 Å². The average molecular weight is 103 g/mol. The van der Waals surface area contributed by atoms with Crippen LogP contribution in [0.3, 0.4) is 0 Å². The van der Waals surface area contributed by atoms with Gasteiger partial charge in [0.15, 0.2) is 0 Å². The molecule has 1 aliphatic rings. The Morgan fingerprint density at radius 3 is 2.50 bits per heavy atom. The summed E-state index contributed by atoms with van der Waals surface area (Å²) < 4.78 is 0. The van der Waals surface area contributed by atoms with Crippen LogP contribution < -0.4 is 0 Å². The van der Waals surface area contributed by atoms with Gasteiger partial charge in [-0.1, -0.05) is 0 Å². The van der Waals surface area contributed by atoms with E-state index in [1.807, 2.05) is 0 Å². The van der Waals surface area contributed by atoms with Crippen molar-refractivity contribution in [3.05, 3.63) is 0 Å². The molecule has 2 heteroatoms. The number of hydrogen-bond acceptors (Lipinski definition) is 1. The zero-order valence-corrected chi connectivity index (χ0v) is 4.49. The Hall–Kier alpha value is 0.310. The number of rotatable bonds is 1. The van der Waals surface area contributed by atoms with E-state index in [0.29, 0.717) is 5.25 Å². The van der Waals surface area contributed by atoms with Crippen LogP contribution in [-0.2, 0) is 5.11 Å². The zero-order chi connectivity index (χ0) is 4.57. The first-order valence-corrected chi connectivity index (χ1v) is 3.13. The average Bonchev–Trinajstić information content (AvgIpc) is 2.06. The van der Waals surface area contributed by atoms with Crippen LogP contribution in [0, 0.1) is 0 Å². The predicted octanol–water partition coefficient (Wildman–Crippen LogP) is 0.921. The van der Waals surface area contributed by atoms with Gasteiger partial charge in [-0.3, -0.25) is 0 Å². The highest BCUT2D eigenvalue weighted by Crippen LogP contribution is 2.32. The largest absolute Gasteiger partial charge is 0.232 e. The van der Waals surface area contributed by atoms with Crippen molar-refractivity contribution in [2.24, 2.45) is 0 Å². The molecule has 1 heterocycles. The molecular weight excluding hydrogens is 96.1 g/mol. The van der Waals surface area contributed by atoms with Crippen LogP contribution in [-0.4, -0.2) is 17.1 Å². The lowest BCUT2D eigenvalue weighted by molar-refractivity contribution is 0.113. The van der Waals surface area contributed by atoms with E-state index in [4.69, 9.17) is 0 Å². The third-order valence-corrected chi connectivity index (χ3v) is 1.98. The summed E-state index contributed by atoms with van der Waals surface area (Å²) >= 11 is 1.76. The molecular formula is C4H7OS. The second-order valence-electron chi connectivity index (χ2n) is 1.58. The van der Waals surface area contributed by atoms with E-state index in [2.05, 4.69) is 0 Å². The minimum Gasteiger partial charge on any atom is -0.232 e. The van der Waals surface area contributed by atoms with Gasteiger partial charge in [-0.15, -0.1) is 0 Å². The summed E-state index contributed by atoms with van der Waals surface area (Å²) in [6.07, 6.45) is -0.324. The van der Waals surface area contributed by atoms with Crippen LogP contribution in [0.15, 0.2) is 0 Å². The highest BCUT2D eigenvalue weighted by molar-refractivity contribution is 8.06. The summed E-state index contributed by atoms with van der Waals surface area (Å²) in [5.41, 5.74) is 0. The van der Waals surface area contributed by atoms with E-state index >= 15 is 0 Å². The van der Waals surface area contributed by atoms with E-state index in [9.17, 15) is 5.11 Å². The predicted molar refractivity (Wildman–Crippen MR) is 26.4 cm³/mol. The van der Waals surface area contributed by atoms with Gasteiger partial charge in [0.2, 0.25) is 0 Å². The van der Waals surface area contributed by atoms with Crippen molar-refractivity contribution < 1.29 is 5.11 Å². The van der Waals surface area contributed by atoms with Crippen molar-refractivity contribution in [2.45, 2.75) is 18.3 Å². The van der Waals surface area contributed by atoms with Crippen molar-refractivity contribution in [3.63, 3.8) is 0 Å². The molecule has 35 valence electrons. The van der Waals surface area contributed by atoms with Gasteiger partial charge in [0.25, 0.3) is 0 Å². The van der Waals surface area contributed by atoms with Gasteiger partial charge in [-0.2, -0.15) is 11.8 Å². The molecule has 1 nitrogen and oxygen atoms in total. The van der Waals surface area contributed by atoms with Crippen molar-refractivity contribution in [2.75, 3.05) is 5.75 Å². The first-order valence-electron chi connectivity index (χ1n) is 2.08. The van der Waals surface area contributed by atoms with Gasteiger partial charge < -0.3 is 0 Å². The highest BCUT2D eigenvalue weighted by Gasteiger charge is 2.28. The molecule has 1 saturated heterocycles. The normalized spacial score (nSPS) is 36.0. The third kappa shape index (κ3) is 0.884. The molecule has 0 saturated carbocycles. The molecule has 0 aromatic heterocycles. The first-order chi connectivity index (χ1) is 2.80. The molecule has 0 amide bonds. The fraction of sp³-hybridized carbons (Fsp3) is 1.00. The second-order valence-corrected chi connectivity index (χ2v) is 2.85. The van der Waals surface area contributed by atoms with Gasteiger partial charge in [0, 0.05) is 11.0 Å². The van der Waals surface area contributed by atoms with E-state index in [1.165, 1.54) is 0 Å². The van der Waals surface area contributed by atoms with Crippen LogP contribution in [0.1, 0.15) is 6.92 Å². The molecule has 2 atom stereocenters. The van der Waals surface area contributed by atoms with Crippen molar-refractivity contribution >= 4 is 11.8 Å². The van der Waals surface area contributed by atoms with E-state index < -0.39 is 0 Å². The topological polar surface area (TPSA) is 19.9 Å². The molecule has 1 rings (SSSR count). The summed E-state index contributed by atoms with van der Waals surface area (Å²) in [6.45, 7) is 1.73. The Morgan fingerprint density at radius 2 is 2.50 bits per heavy atom. The quantitative estimate of drug-likeness (QED) is 0.452. The van der Waals surface area contributed by atoms with Crippen molar-refractivity contribution in [1.82, 2.24) is 0 Å². The zero-order valence-electron chi connectivity index (χ0n) is 3.68. The van der Waals surface area contributed by atoms with Crippen LogP contribution >= 0.6 is 11.8 Å². The van der Waals surface area contributed by atoms with Crippen molar-refractivity contribution in [1.29, 1.82) is 0 Å². The van der Waals surface area contributed by atoms with Gasteiger partial charge in [-0.25, -0.2) is 5.11 Å². The first kappa shape index (κ1) is 4.47. The standard InChI is InChI=1S/C4H7OS/c1-3(5)4-2-6-4/h3-4H,2H2,1H3.